The number of ether oxygens (including phenoxy) is 2. The van der Waals surface area contributed by atoms with Crippen LogP contribution >= 0.6 is 0 Å². The molecule has 0 saturated heterocycles. The number of fused-ring (bicyclic) bond motifs is 1. The van der Waals surface area contributed by atoms with Crippen molar-refractivity contribution in [1.82, 2.24) is 0 Å². The Bertz CT molecular complexity index is 966. The lowest BCUT2D eigenvalue weighted by molar-refractivity contribution is -0.385. The standard InChI is InChI=1S/C19H16N2O5/c1-25-18-11-14(9-10-17(18)21(23)24)26-12-19(22)20-16-8-4-6-13-5-2-3-7-15(13)16/h2-11H,12H2,1H3,(H,20,22). The summed E-state index contributed by atoms with van der Waals surface area (Å²) in [4.78, 5) is 22.5. The number of hydrogen-bond acceptors (Lipinski definition) is 5. The molecule has 0 fully saturated rings. The van der Waals surface area contributed by atoms with Gasteiger partial charge in [-0.3, -0.25) is 14.9 Å². The van der Waals surface area contributed by atoms with Gasteiger partial charge in [0, 0.05) is 23.2 Å². The maximum atomic E-state index is 12.2. The van der Waals surface area contributed by atoms with Gasteiger partial charge in [0.15, 0.2) is 6.61 Å². The molecular formula is C19H16N2O5. The number of hydrogen-bond donors (Lipinski definition) is 1. The number of methoxy groups -OCH3 is 1. The van der Waals surface area contributed by atoms with Gasteiger partial charge >= 0.3 is 5.69 Å². The summed E-state index contributed by atoms with van der Waals surface area (Å²) in [6.45, 7) is -0.232. The molecule has 3 aromatic carbocycles. The van der Waals surface area contributed by atoms with Gasteiger partial charge in [-0.25, -0.2) is 0 Å². The smallest absolute Gasteiger partial charge is 0.311 e. The van der Waals surface area contributed by atoms with Gasteiger partial charge in [-0.1, -0.05) is 36.4 Å². The molecule has 0 unspecified atom stereocenters. The number of benzene rings is 3. The molecule has 7 heteroatoms. The lowest BCUT2D eigenvalue weighted by atomic mass is 10.1. The van der Waals surface area contributed by atoms with E-state index in [2.05, 4.69) is 5.32 Å². The van der Waals surface area contributed by atoms with Crippen molar-refractivity contribution in [2.75, 3.05) is 19.0 Å². The van der Waals surface area contributed by atoms with E-state index in [0.29, 0.717) is 11.4 Å². The number of rotatable bonds is 6. The van der Waals surface area contributed by atoms with Crippen LogP contribution in [0.5, 0.6) is 11.5 Å². The summed E-state index contributed by atoms with van der Waals surface area (Å²) in [5.74, 6) is 0.0427. The second-order valence-electron chi connectivity index (χ2n) is 5.45. The molecule has 0 aliphatic rings. The van der Waals surface area contributed by atoms with E-state index in [9.17, 15) is 14.9 Å². The first-order chi connectivity index (χ1) is 12.6. The van der Waals surface area contributed by atoms with Crippen LogP contribution in [-0.4, -0.2) is 24.5 Å². The molecule has 1 amide bonds. The van der Waals surface area contributed by atoms with Crippen molar-refractivity contribution >= 4 is 28.1 Å². The molecule has 0 aliphatic heterocycles. The summed E-state index contributed by atoms with van der Waals surface area (Å²) in [7, 11) is 1.33. The Labute approximate surface area is 149 Å². The highest BCUT2D eigenvalue weighted by molar-refractivity contribution is 6.02. The fourth-order valence-corrected chi connectivity index (χ4v) is 2.57. The van der Waals surface area contributed by atoms with Gasteiger partial charge in [-0.2, -0.15) is 0 Å². The summed E-state index contributed by atoms with van der Waals surface area (Å²) in [6.07, 6.45) is 0. The SMILES string of the molecule is COc1cc(OCC(=O)Nc2cccc3ccccc23)ccc1[N+](=O)[O-]. The Morgan fingerprint density at radius 2 is 1.88 bits per heavy atom. The molecule has 0 saturated carbocycles. The van der Waals surface area contributed by atoms with Crippen molar-refractivity contribution in [2.24, 2.45) is 0 Å². The summed E-state index contributed by atoms with van der Waals surface area (Å²) in [5.41, 5.74) is 0.526. The lowest BCUT2D eigenvalue weighted by Gasteiger charge is -2.10. The molecule has 3 rings (SSSR count). The number of anilines is 1. The zero-order chi connectivity index (χ0) is 18.5. The van der Waals surface area contributed by atoms with Crippen LogP contribution in [-0.2, 0) is 4.79 Å². The number of nitro groups is 1. The molecule has 0 aliphatic carbocycles. The first kappa shape index (κ1) is 17.2. The molecule has 132 valence electrons. The van der Waals surface area contributed by atoms with E-state index in [-0.39, 0.29) is 24.0 Å². The van der Waals surface area contributed by atoms with Crippen LogP contribution in [0.4, 0.5) is 11.4 Å². The van der Waals surface area contributed by atoms with Crippen LogP contribution in [0.25, 0.3) is 10.8 Å². The monoisotopic (exact) mass is 352 g/mol. The van der Waals surface area contributed by atoms with Crippen molar-refractivity contribution in [2.45, 2.75) is 0 Å². The minimum absolute atomic E-state index is 0.0713. The molecule has 3 aromatic rings. The molecule has 1 N–H and O–H groups in total. The summed E-state index contributed by atoms with van der Waals surface area (Å²) in [5, 5.41) is 15.6. The summed E-state index contributed by atoms with van der Waals surface area (Å²) < 4.78 is 10.4. The Morgan fingerprint density at radius 3 is 2.65 bits per heavy atom. The number of carbonyl (C=O) groups is 1. The van der Waals surface area contributed by atoms with Crippen LogP contribution in [0.2, 0.25) is 0 Å². The van der Waals surface area contributed by atoms with Crippen LogP contribution in [0.3, 0.4) is 0 Å². The van der Waals surface area contributed by atoms with E-state index in [4.69, 9.17) is 9.47 Å². The van der Waals surface area contributed by atoms with Crippen LogP contribution in [0.1, 0.15) is 0 Å². The lowest BCUT2D eigenvalue weighted by Crippen LogP contribution is -2.20. The third kappa shape index (κ3) is 3.72. The first-order valence-corrected chi connectivity index (χ1v) is 7.81. The molecule has 0 aromatic heterocycles. The van der Waals surface area contributed by atoms with Crippen LogP contribution in [0.15, 0.2) is 60.7 Å². The maximum Gasteiger partial charge on any atom is 0.311 e. The van der Waals surface area contributed by atoms with Gasteiger partial charge in [-0.05, 0) is 17.5 Å². The topological polar surface area (TPSA) is 90.7 Å². The molecule has 0 bridgehead atoms. The molecule has 0 radical (unpaired) electrons. The average molecular weight is 352 g/mol. The largest absolute Gasteiger partial charge is 0.490 e. The maximum absolute atomic E-state index is 12.2. The highest BCUT2D eigenvalue weighted by atomic mass is 16.6. The third-order valence-electron chi connectivity index (χ3n) is 3.78. The van der Waals surface area contributed by atoms with Crippen molar-refractivity contribution in [3.8, 4) is 11.5 Å². The van der Waals surface area contributed by atoms with Crippen molar-refractivity contribution in [1.29, 1.82) is 0 Å². The number of nitro benzene ring substituents is 1. The van der Waals surface area contributed by atoms with Gasteiger partial charge in [-0.15, -0.1) is 0 Å². The fourth-order valence-electron chi connectivity index (χ4n) is 2.57. The number of amides is 1. The quantitative estimate of drug-likeness (QED) is 0.538. The summed E-state index contributed by atoms with van der Waals surface area (Å²) in [6, 6.07) is 17.4. The van der Waals surface area contributed by atoms with E-state index >= 15 is 0 Å². The van der Waals surface area contributed by atoms with E-state index in [1.54, 1.807) is 0 Å². The zero-order valence-corrected chi connectivity index (χ0v) is 14.0. The van der Waals surface area contributed by atoms with Crippen LogP contribution < -0.4 is 14.8 Å². The molecule has 7 nitrogen and oxygen atoms in total. The van der Waals surface area contributed by atoms with Crippen molar-refractivity contribution < 1.29 is 19.2 Å². The van der Waals surface area contributed by atoms with E-state index in [0.717, 1.165) is 10.8 Å². The van der Waals surface area contributed by atoms with Gasteiger partial charge < -0.3 is 14.8 Å². The predicted molar refractivity (Wildman–Crippen MR) is 97.7 cm³/mol. The highest BCUT2D eigenvalue weighted by Gasteiger charge is 2.15. The van der Waals surface area contributed by atoms with E-state index in [1.807, 2.05) is 42.5 Å². The number of carbonyl (C=O) groups excluding carboxylic acids is 1. The average Bonchev–Trinajstić information content (AvgIpc) is 2.66. The zero-order valence-electron chi connectivity index (χ0n) is 14.0. The Balaban J connectivity index is 1.68. The van der Waals surface area contributed by atoms with Gasteiger partial charge in [0.25, 0.3) is 5.91 Å². The number of nitrogens with one attached hydrogen (secondary N) is 1. The molecular weight excluding hydrogens is 336 g/mol. The molecule has 0 heterocycles. The molecule has 26 heavy (non-hydrogen) atoms. The third-order valence-corrected chi connectivity index (χ3v) is 3.78. The highest BCUT2D eigenvalue weighted by Crippen LogP contribution is 2.30. The second-order valence-corrected chi connectivity index (χ2v) is 5.45. The number of nitrogens with zero attached hydrogens (tertiary/aromatic N) is 1. The van der Waals surface area contributed by atoms with Gasteiger partial charge in [0.2, 0.25) is 5.75 Å². The molecule has 0 spiro atoms. The minimum atomic E-state index is -0.546. The van der Waals surface area contributed by atoms with Gasteiger partial charge in [0.1, 0.15) is 5.75 Å². The van der Waals surface area contributed by atoms with Crippen LogP contribution in [0, 0.1) is 10.1 Å². The van der Waals surface area contributed by atoms with E-state index < -0.39 is 4.92 Å². The Hall–Kier alpha value is -3.61. The summed E-state index contributed by atoms with van der Waals surface area (Å²) >= 11 is 0. The fraction of sp³-hybridized carbons (Fsp3) is 0.105. The van der Waals surface area contributed by atoms with E-state index in [1.165, 1.54) is 25.3 Å². The Kier molecular flexibility index (Phi) is 4.98. The predicted octanol–water partition coefficient (Wildman–Crippen LogP) is 3.77. The van der Waals surface area contributed by atoms with Gasteiger partial charge in [0.05, 0.1) is 12.0 Å². The van der Waals surface area contributed by atoms with Crippen molar-refractivity contribution in [3.05, 3.63) is 70.8 Å². The normalized spacial score (nSPS) is 10.3. The molecule has 0 atom stereocenters. The first-order valence-electron chi connectivity index (χ1n) is 7.81. The second kappa shape index (κ2) is 7.52. The minimum Gasteiger partial charge on any atom is -0.490 e. The Morgan fingerprint density at radius 1 is 1.12 bits per heavy atom. The van der Waals surface area contributed by atoms with Crippen molar-refractivity contribution in [3.63, 3.8) is 0 Å².